The topological polar surface area (TPSA) is 72.2 Å². The number of fused-ring (bicyclic) bond motifs is 1. The Balaban J connectivity index is 1.55. The molecule has 0 spiro atoms. The van der Waals surface area contributed by atoms with Crippen LogP contribution < -0.4 is 4.72 Å². The zero-order valence-electron chi connectivity index (χ0n) is 15.3. The normalized spacial score (nSPS) is 20.9. The average Bonchev–Trinajstić information content (AvgIpc) is 3.35. The molecule has 2 fully saturated rings. The first-order valence-corrected chi connectivity index (χ1v) is 11.4. The molecule has 2 aliphatic rings. The first-order valence-electron chi connectivity index (χ1n) is 9.48. The SMILES string of the molecule is CS(=O)(=O)Nc1noc2cc(CCC3CCC(F)(F)CC3)c(C3CC3)cc12. The van der Waals surface area contributed by atoms with Crippen molar-refractivity contribution in [1.29, 1.82) is 0 Å². The highest BCUT2D eigenvalue weighted by Crippen LogP contribution is 2.45. The molecule has 0 unspecified atom stereocenters. The number of nitrogens with zero attached hydrogens (tertiary/aromatic N) is 1. The van der Waals surface area contributed by atoms with Crippen molar-refractivity contribution in [3.05, 3.63) is 23.3 Å². The van der Waals surface area contributed by atoms with Gasteiger partial charge in [-0.25, -0.2) is 17.2 Å². The van der Waals surface area contributed by atoms with Crippen molar-refractivity contribution in [1.82, 2.24) is 5.16 Å². The lowest BCUT2D eigenvalue weighted by atomic mass is 9.82. The second-order valence-electron chi connectivity index (χ2n) is 8.06. The number of hydrogen-bond donors (Lipinski definition) is 1. The summed E-state index contributed by atoms with van der Waals surface area (Å²) in [6.45, 7) is 0. The van der Waals surface area contributed by atoms with Crippen LogP contribution in [0, 0.1) is 5.92 Å². The lowest BCUT2D eigenvalue weighted by molar-refractivity contribution is -0.0464. The summed E-state index contributed by atoms with van der Waals surface area (Å²) in [5, 5.41) is 4.53. The third kappa shape index (κ3) is 4.42. The monoisotopic (exact) mass is 398 g/mol. The molecule has 27 heavy (non-hydrogen) atoms. The van der Waals surface area contributed by atoms with Crippen LogP contribution in [0.5, 0.6) is 0 Å². The van der Waals surface area contributed by atoms with Gasteiger partial charge in [0.25, 0.3) is 0 Å². The van der Waals surface area contributed by atoms with Gasteiger partial charge in [-0.15, -0.1) is 0 Å². The van der Waals surface area contributed by atoms with Crippen LogP contribution in [0.15, 0.2) is 16.7 Å². The molecule has 1 aromatic heterocycles. The van der Waals surface area contributed by atoms with E-state index < -0.39 is 15.9 Å². The summed E-state index contributed by atoms with van der Waals surface area (Å²) in [5.74, 6) is -1.45. The number of aryl methyl sites for hydroxylation is 1. The maximum absolute atomic E-state index is 13.3. The van der Waals surface area contributed by atoms with Gasteiger partial charge in [0, 0.05) is 12.8 Å². The minimum atomic E-state index is -3.43. The summed E-state index contributed by atoms with van der Waals surface area (Å²) in [6, 6.07) is 3.93. The summed E-state index contributed by atoms with van der Waals surface area (Å²) in [4.78, 5) is 0. The number of sulfonamides is 1. The summed E-state index contributed by atoms with van der Waals surface area (Å²) >= 11 is 0. The molecule has 0 aliphatic heterocycles. The maximum Gasteiger partial charge on any atom is 0.248 e. The van der Waals surface area contributed by atoms with Gasteiger partial charge in [0.15, 0.2) is 11.4 Å². The highest BCUT2D eigenvalue weighted by Gasteiger charge is 2.35. The van der Waals surface area contributed by atoms with E-state index in [1.165, 1.54) is 11.1 Å². The number of anilines is 1. The number of alkyl halides is 2. The van der Waals surface area contributed by atoms with Crippen LogP contribution in [0.4, 0.5) is 14.6 Å². The smallest absolute Gasteiger partial charge is 0.248 e. The minimum Gasteiger partial charge on any atom is -0.354 e. The average molecular weight is 398 g/mol. The Morgan fingerprint density at radius 3 is 2.56 bits per heavy atom. The number of nitrogens with one attached hydrogen (secondary N) is 1. The highest BCUT2D eigenvalue weighted by atomic mass is 32.2. The van der Waals surface area contributed by atoms with E-state index >= 15 is 0 Å². The molecule has 4 rings (SSSR count). The van der Waals surface area contributed by atoms with Crippen LogP contribution in [0.25, 0.3) is 11.0 Å². The van der Waals surface area contributed by atoms with Crippen LogP contribution >= 0.6 is 0 Å². The summed E-state index contributed by atoms with van der Waals surface area (Å²) in [7, 11) is -3.43. The molecule has 5 nitrogen and oxygen atoms in total. The quantitative estimate of drug-likeness (QED) is 0.756. The molecule has 0 bridgehead atoms. The molecule has 1 heterocycles. The Labute approximate surface area is 157 Å². The van der Waals surface area contributed by atoms with E-state index in [9.17, 15) is 17.2 Å². The van der Waals surface area contributed by atoms with Crippen molar-refractivity contribution < 1.29 is 21.7 Å². The summed E-state index contributed by atoms with van der Waals surface area (Å²) in [5.41, 5.74) is 2.93. The Kier molecular flexibility index (Phi) is 4.64. The maximum atomic E-state index is 13.3. The molecule has 8 heteroatoms. The fourth-order valence-corrected chi connectivity index (χ4v) is 4.53. The van der Waals surface area contributed by atoms with E-state index in [4.69, 9.17) is 4.52 Å². The number of benzene rings is 1. The standard InChI is InChI=1S/C19H24F2N2O3S/c1-27(24,25)23-18-16-11-15(13-4-5-13)14(10-17(16)26-22-18)3-2-12-6-8-19(20,21)9-7-12/h10-13H,2-9H2,1H3,(H,22,23). The van der Waals surface area contributed by atoms with E-state index in [0.29, 0.717) is 35.6 Å². The first-order chi connectivity index (χ1) is 12.7. The second kappa shape index (κ2) is 6.72. The molecular formula is C19H24F2N2O3S. The van der Waals surface area contributed by atoms with Gasteiger partial charge in [0.2, 0.25) is 15.9 Å². The Bertz CT molecular complexity index is 941. The van der Waals surface area contributed by atoms with Crippen molar-refractivity contribution in [2.45, 2.75) is 63.2 Å². The Morgan fingerprint density at radius 2 is 1.93 bits per heavy atom. The van der Waals surface area contributed by atoms with Gasteiger partial charge in [-0.1, -0.05) is 5.16 Å². The lowest BCUT2D eigenvalue weighted by Crippen LogP contribution is -2.24. The molecule has 0 radical (unpaired) electrons. The third-order valence-corrected chi connectivity index (χ3v) is 6.25. The fourth-order valence-electron chi connectivity index (χ4n) is 4.03. The summed E-state index contributed by atoms with van der Waals surface area (Å²) in [6.07, 6.45) is 6.19. The zero-order valence-corrected chi connectivity index (χ0v) is 16.1. The van der Waals surface area contributed by atoms with E-state index in [1.54, 1.807) is 0 Å². The summed E-state index contributed by atoms with van der Waals surface area (Å²) < 4.78 is 57.5. The number of aromatic nitrogens is 1. The van der Waals surface area contributed by atoms with Gasteiger partial charge in [-0.05, 0) is 73.6 Å². The predicted molar refractivity (Wildman–Crippen MR) is 99.7 cm³/mol. The molecule has 2 aliphatic carbocycles. The predicted octanol–water partition coefficient (Wildman–Crippen LogP) is 4.83. The van der Waals surface area contributed by atoms with Crippen LogP contribution in [0.3, 0.4) is 0 Å². The van der Waals surface area contributed by atoms with Crippen molar-refractivity contribution in [3.8, 4) is 0 Å². The highest BCUT2D eigenvalue weighted by molar-refractivity contribution is 7.92. The number of halogens is 2. The molecular weight excluding hydrogens is 374 g/mol. The third-order valence-electron chi connectivity index (χ3n) is 5.69. The van der Waals surface area contributed by atoms with Gasteiger partial charge in [0.1, 0.15) is 0 Å². The molecule has 2 aromatic rings. The molecule has 0 amide bonds. The molecule has 0 saturated heterocycles. The van der Waals surface area contributed by atoms with Crippen molar-refractivity contribution in [2.24, 2.45) is 5.92 Å². The first kappa shape index (κ1) is 18.7. The second-order valence-corrected chi connectivity index (χ2v) is 9.81. The largest absolute Gasteiger partial charge is 0.354 e. The van der Waals surface area contributed by atoms with Crippen LogP contribution in [0.1, 0.15) is 62.0 Å². The van der Waals surface area contributed by atoms with E-state index in [1.807, 2.05) is 12.1 Å². The van der Waals surface area contributed by atoms with E-state index in [2.05, 4.69) is 9.88 Å². The molecule has 148 valence electrons. The molecule has 0 atom stereocenters. The minimum absolute atomic E-state index is 0.00515. The van der Waals surface area contributed by atoms with Crippen LogP contribution in [0.2, 0.25) is 0 Å². The Hall–Kier alpha value is -1.70. The van der Waals surface area contributed by atoms with Gasteiger partial charge in [0.05, 0.1) is 11.6 Å². The molecule has 1 aromatic carbocycles. The van der Waals surface area contributed by atoms with Crippen molar-refractivity contribution in [3.63, 3.8) is 0 Å². The van der Waals surface area contributed by atoms with Gasteiger partial charge >= 0.3 is 0 Å². The van der Waals surface area contributed by atoms with Crippen molar-refractivity contribution >= 4 is 26.8 Å². The van der Waals surface area contributed by atoms with E-state index in [0.717, 1.165) is 31.9 Å². The number of hydrogen-bond acceptors (Lipinski definition) is 4. The van der Waals surface area contributed by atoms with Gasteiger partial charge in [-0.2, -0.15) is 0 Å². The zero-order chi connectivity index (χ0) is 19.2. The lowest BCUT2D eigenvalue weighted by Gasteiger charge is -2.28. The van der Waals surface area contributed by atoms with Crippen molar-refractivity contribution in [2.75, 3.05) is 11.0 Å². The number of rotatable bonds is 6. The molecule has 2 saturated carbocycles. The van der Waals surface area contributed by atoms with E-state index in [-0.39, 0.29) is 18.7 Å². The van der Waals surface area contributed by atoms with Gasteiger partial charge in [-0.3, -0.25) is 4.72 Å². The van der Waals surface area contributed by atoms with Crippen LogP contribution in [-0.4, -0.2) is 25.8 Å². The van der Waals surface area contributed by atoms with Gasteiger partial charge < -0.3 is 4.52 Å². The fraction of sp³-hybridized carbons (Fsp3) is 0.632. The Morgan fingerprint density at radius 1 is 1.22 bits per heavy atom. The van der Waals surface area contributed by atoms with Crippen LogP contribution in [-0.2, 0) is 16.4 Å². The molecule has 1 N–H and O–H groups in total.